The highest BCUT2D eigenvalue weighted by atomic mass is 32.1. The molecule has 7 nitrogen and oxygen atoms in total. The van der Waals surface area contributed by atoms with Gasteiger partial charge in [-0.1, -0.05) is 18.2 Å². The fraction of sp³-hybridized carbons (Fsp3) is 0.105. The Labute approximate surface area is 169 Å². The molecular weight excluding hydrogens is 394 g/mol. The van der Waals surface area contributed by atoms with Gasteiger partial charge in [0.25, 0.3) is 11.8 Å². The van der Waals surface area contributed by atoms with E-state index in [1.165, 1.54) is 22.7 Å². The summed E-state index contributed by atoms with van der Waals surface area (Å²) in [4.78, 5) is 29.6. The molecule has 3 aromatic heterocycles. The van der Waals surface area contributed by atoms with Crippen LogP contribution in [0.5, 0.6) is 0 Å². The van der Waals surface area contributed by atoms with E-state index < -0.39 is 0 Å². The minimum atomic E-state index is -0.264. The number of nitrogens with one attached hydrogen (secondary N) is 2. The van der Waals surface area contributed by atoms with Gasteiger partial charge in [-0.2, -0.15) is 10.2 Å². The average Bonchev–Trinajstić information content (AvgIpc) is 3.43. The number of nitrogens with zero attached hydrogens (tertiary/aromatic N) is 3. The van der Waals surface area contributed by atoms with Gasteiger partial charge in [0.2, 0.25) is 0 Å². The maximum Gasteiger partial charge on any atom is 0.281 e. The van der Waals surface area contributed by atoms with E-state index in [1.807, 2.05) is 16.8 Å². The van der Waals surface area contributed by atoms with Crippen LogP contribution in [0.25, 0.3) is 0 Å². The van der Waals surface area contributed by atoms with Crippen LogP contribution < -0.4 is 10.9 Å². The Bertz CT molecular complexity index is 945. The van der Waals surface area contributed by atoms with E-state index in [9.17, 15) is 9.59 Å². The van der Waals surface area contributed by atoms with Crippen LogP contribution in [0.2, 0.25) is 0 Å². The van der Waals surface area contributed by atoms with Crippen molar-refractivity contribution in [1.82, 2.24) is 15.8 Å². The molecule has 0 spiro atoms. The second kappa shape index (κ2) is 9.16. The molecule has 0 aromatic carbocycles. The fourth-order valence-electron chi connectivity index (χ4n) is 2.15. The molecule has 0 saturated carbocycles. The van der Waals surface area contributed by atoms with Gasteiger partial charge in [0.1, 0.15) is 0 Å². The highest BCUT2D eigenvalue weighted by Crippen LogP contribution is 2.09. The first-order valence-corrected chi connectivity index (χ1v) is 10.0. The Balaban J connectivity index is 1.68. The van der Waals surface area contributed by atoms with Crippen LogP contribution in [-0.2, 0) is 0 Å². The van der Waals surface area contributed by atoms with E-state index in [0.717, 1.165) is 0 Å². The predicted octanol–water partition coefficient (Wildman–Crippen LogP) is 3.51. The maximum absolute atomic E-state index is 12.0. The number of pyridine rings is 1. The molecule has 0 aliphatic carbocycles. The Kier molecular flexibility index (Phi) is 6.41. The number of thiophene rings is 2. The molecule has 0 saturated heterocycles. The number of hydrazone groups is 2. The molecule has 2 amide bonds. The molecule has 3 aromatic rings. The molecule has 0 unspecified atom stereocenters. The lowest BCUT2D eigenvalue weighted by Crippen LogP contribution is -2.19. The third-order valence-corrected chi connectivity index (χ3v) is 5.37. The first kappa shape index (κ1) is 19.6. The molecule has 3 heterocycles. The van der Waals surface area contributed by atoms with Gasteiger partial charge in [0.05, 0.1) is 32.6 Å². The normalized spacial score (nSPS) is 11.9. The summed E-state index contributed by atoms with van der Waals surface area (Å²) in [6.45, 7) is 3.51. The summed E-state index contributed by atoms with van der Waals surface area (Å²) in [7, 11) is 0. The molecule has 142 valence electrons. The first-order valence-electron chi connectivity index (χ1n) is 8.28. The molecule has 3 rings (SSSR count). The molecule has 0 radical (unpaired) electrons. The summed E-state index contributed by atoms with van der Waals surface area (Å²) >= 11 is 2.69. The summed E-state index contributed by atoms with van der Waals surface area (Å²) in [5.74, 6) is -0.529. The molecule has 0 fully saturated rings. The second-order valence-corrected chi connectivity index (χ2v) is 7.53. The van der Waals surface area contributed by atoms with Crippen molar-refractivity contribution in [2.75, 3.05) is 0 Å². The quantitative estimate of drug-likeness (QED) is 0.480. The van der Waals surface area contributed by atoms with Crippen molar-refractivity contribution in [3.63, 3.8) is 0 Å². The zero-order valence-electron chi connectivity index (χ0n) is 15.2. The number of aromatic nitrogens is 1. The van der Waals surface area contributed by atoms with Crippen molar-refractivity contribution in [2.24, 2.45) is 10.2 Å². The van der Waals surface area contributed by atoms with E-state index in [1.54, 1.807) is 50.2 Å². The number of carbonyl (C=O) groups excluding carboxylic acids is 2. The Hall–Kier alpha value is -3.17. The van der Waals surface area contributed by atoms with E-state index in [0.29, 0.717) is 32.6 Å². The Morgan fingerprint density at radius 2 is 1.25 bits per heavy atom. The number of amides is 2. The number of rotatable bonds is 6. The van der Waals surface area contributed by atoms with Crippen LogP contribution in [0.4, 0.5) is 0 Å². The van der Waals surface area contributed by atoms with Gasteiger partial charge in [0.15, 0.2) is 0 Å². The van der Waals surface area contributed by atoms with Gasteiger partial charge in [-0.15, -0.1) is 22.7 Å². The number of carbonyl (C=O) groups is 2. The molecular formula is C19H17N5O2S2. The van der Waals surface area contributed by atoms with Gasteiger partial charge in [-0.05, 0) is 48.9 Å². The minimum Gasteiger partial charge on any atom is -0.266 e. The first-order chi connectivity index (χ1) is 13.5. The van der Waals surface area contributed by atoms with Crippen LogP contribution in [0.3, 0.4) is 0 Å². The van der Waals surface area contributed by atoms with Crippen LogP contribution in [0.1, 0.15) is 44.6 Å². The van der Waals surface area contributed by atoms with Crippen LogP contribution in [0.15, 0.2) is 63.4 Å². The maximum atomic E-state index is 12.0. The molecule has 28 heavy (non-hydrogen) atoms. The van der Waals surface area contributed by atoms with Crippen molar-refractivity contribution >= 4 is 45.9 Å². The van der Waals surface area contributed by atoms with Gasteiger partial charge in [0, 0.05) is 0 Å². The topological polar surface area (TPSA) is 95.8 Å². The predicted molar refractivity (Wildman–Crippen MR) is 112 cm³/mol. The highest BCUT2D eigenvalue weighted by molar-refractivity contribution is 7.12. The standard InChI is InChI=1S/C19H17N5O2S2/c1-12(21-23-18(25)16-8-4-10-27-16)14-6-3-7-15(20-14)13(2)22-24-19(26)17-9-5-11-28-17/h3-11H,1-2H3,(H,23,25)(H,24,26). The third-order valence-electron chi connectivity index (χ3n) is 3.63. The molecule has 0 aliphatic rings. The van der Waals surface area contributed by atoms with Crippen LogP contribution in [-0.4, -0.2) is 28.2 Å². The number of hydrogen-bond acceptors (Lipinski definition) is 7. The molecule has 0 bridgehead atoms. The molecule has 2 N–H and O–H groups in total. The molecule has 0 aliphatic heterocycles. The van der Waals surface area contributed by atoms with Crippen LogP contribution >= 0.6 is 22.7 Å². The summed E-state index contributed by atoms with van der Waals surface area (Å²) in [6.07, 6.45) is 0. The number of hydrogen-bond donors (Lipinski definition) is 2. The summed E-state index contributed by atoms with van der Waals surface area (Å²) in [5.41, 5.74) is 7.36. The monoisotopic (exact) mass is 411 g/mol. The zero-order valence-corrected chi connectivity index (χ0v) is 16.8. The lowest BCUT2D eigenvalue weighted by atomic mass is 10.2. The SMILES string of the molecule is CC(=NNC(=O)c1cccs1)c1cccc(C(C)=NNC(=O)c2cccs2)n1. The fourth-order valence-corrected chi connectivity index (χ4v) is 3.37. The smallest absolute Gasteiger partial charge is 0.266 e. The third kappa shape index (κ3) is 4.96. The average molecular weight is 412 g/mol. The Morgan fingerprint density at radius 1 is 0.786 bits per heavy atom. The highest BCUT2D eigenvalue weighted by Gasteiger charge is 2.09. The van der Waals surface area contributed by atoms with Gasteiger partial charge >= 0.3 is 0 Å². The van der Waals surface area contributed by atoms with Gasteiger partial charge < -0.3 is 0 Å². The summed E-state index contributed by atoms with van der Waals surface area (Å²) < 4.78 is 0. The van der Waals surface area contributed by atoms with E-state index in [2.05, 4.69) is 26.0 Å². The molecule has 0 atom stereocenters. The largest absolute Gasteiger partial charge is 0.281 e. The van der Waals surface area contributed by atoms with Crippen molar-refractivity contribution in [1.29, 1.82) is 0 Å². The minimum absolute atomic E-state index is 0.264. The van der Waals surface area contributed by atoms with E-state index >= 15 is 0 Å². The van der Waals surface area contributed by atoms with Gasteiger partial charge in [-0.3, -0.25) is 9.59 Å². The lowest BCUT2D eigenvalue weighted by Gasteiger charge is -2.05. The van der Waals surface area contributed by atoms with Crippen molar-refractivity contribution < 1.29 is 9.59 Å². The van der Waals surface area contributed by atoms with Crippen molar-refractivity contribution in [3.05, 3.63) is 74.4 Å². The van der Waals surface area contributed by atoms with E-state index in [-0.39, 0.29) is 11.8 Å². The van der Waals surface area contributed by atoms with Gasteiger partial charge in [-0.25, -0.2) is 15.8 Å². The van der Waals surface area contributed by atoms with Crippen molar-refractivity contribution in [3.8, 4) is 0 Å². The second-order valence-electron chi connectivity index (χ2n) is 5.64. The lowest BCUT2D eigenvalue weighted by molar-refractivity contribution is 0.0951. The summed E-state index contributed by atoms with van der Waals surface area (Å²) in [6, 6.07) is 12.5. The van der Waals surface area contributed by atoms with Crippen molar-refractivity contribution in [2.45, 2.75) is 13.8 Å². The van der Waals surface area contributed by atoms with Crippen LogP contribution in [0, 0.1) is 0 Å². The van der Waals surface area contributed by atoms with E-state index in [4.69, 9.17) is 0 Å². The Morgan fingerprint density at radius 3 is 1.64 bits per heavy atom. The molecule has 9 heteroatoms. The zero-order chi connectivity index (χ0) is 19.9. The summed E-state index contributed by atoms with van der Waals surface area (Å²) in [5, 5.41) is 11.9.